The van der Waals surface area contributed by atoms with Gasteiger partial charge in [0.05, 0.1) is 0 Å². The molecule has 15 aromatic rings. The second kappa shape index (κ2) is 25.1. The Balaban J connectivity index is 0.000000106. The van der Waals surface area contributed by atoms with Crippen LogP contribution in [-0.4, -0.2) is 155 Å². The van der Waals surface area contributed by atoms with Crippen LogP contribution in [0.25, 0.3) is 106 Å². The van der Waals surface area contributed by atoms with E-state index in [1.165, 1.54) is 60.4 Å². The van der Waals surface area contributed by atoms with Crippen molar-refractivity contribution in [3.05, 3.63) is 250 Å². The fourth-order valence-electron chi connectivity index (χ4n) is 9.13. The monoisotopic (exact) mass is 1310 g/mol. The number of benzene rings is 4. The summed E-state index contributed by atoms with van der Waals surface area (Å²) in [5, 5.41) is 15.1. The van der Waals surface area contributed by atoms with Crippen LogP contribution in [-0.2, 0) is 0 Å². The topological polar surface area (TPSA) is 132 Å². The molecule has 11 aromatic heterocycles. The molecule has 0 atom stereocenters. The normalized spacial score (nSPS) is 10.8. The number of imidazole rings is 2. The van der Waals surface area contributed by atoms with Gasteiger partial charge >= 0.3 is 511 Å². The molecule has 11 heterocycles. The van der Waals surface area contributed by atoms with Gasteiger partial charge in [-0.05, 0) is 0 Å². The molecule has 0 saturated carbocycles. The number of para-hydroxylation sites is 2. The number of hydrogen-bond donors (Lipinski definition) is 0. The fourth-order valence-corrected chi connectivity index (χ4v) is 13.5. The first-order valence-electron chi connectivity index (χ1n) is 25.1. The third-order valence-electron chi connectivity index (χ3n) is 13.1. The summed E-state index contributed by atoms with van der Waals surface area (Å²) in [6.45, 7) is 0. The molecule has 0 fully saturated rings. The molecule has 0 spiro atoms. The van der Waals surface area contributed by atoms with Gasteiger partial charge in [-0.25, -0.2) is 0 Å². The molecule has 14 nitrogen and oxygen atoms in total. The van der Waals surface area contributed by atoms with E-state index in [2.05, 4.69) is 185 Å². The molecule has 4 aromatic carbocycles. The van der Waals surface area contributed by atoms with Crippen LogP contribution >= 0.6 is 0 Å². The molecule has 371 valence electrons. The van der Waals surface area contributed by atoms with Crippen molar-refractivity contribution < 1.29 is 0 Å². The molecule has 5 radical (unpaired) electrons. The number of rotatable bonds is 5. The van der Waals surface area contributed by atoms with Gasteiger partial charge in [0.25, 0.3) is 0 Å². The zero-order valence-electron chi connectivity index (χ0n) is 43.0. The second-order valence-corrected chi connectivity index (χ2v) is 24.8. The Morgan fingerprint density at radius 1 is 0.342 bits per heavy atom. The number of nitrogens with zero attached hydrogens (tertiary/aromatic N) is 14. The Morgan fingerprint density at radius 2 is 0.975 bits per heavy atom. The standard InChI is InChI=1S/2C17H11N2.C10H7N4.C9H7N2.C7H5N4.5Ga.5H/c1-3-7-14-12(5-1)9-10-18-17(14)16-11-13-6-2-4-8-15(13)19-16;1-2-7-14-11-18-16(9-12(14)5-1)17-10-13-6-3-4-8-15(13)19-17;1-2-6-14-8(3-1)7-13-10(14)9-11-4-5-12-9;1-2-6-10-8(4-1)9-5-3-7-11-9;1-2-4-8-6(3-1)7-5-9-11-10-7;;;;;;;;;;/h2*1-11H;1-7H;1-7H;1-5H;;;;;;;;;;/q5*-1;5*+1;;;;;. The van der Waals surface area contributed by atoms with Crippen molar-refractivity contribution >= 4 is 143 Å². The van der Waals surface area contributed by atoms with Crippen LogP contribution in [0.5, 0.6) is 0 Å². The Labute approximate surface area is 506 Å². The Morgan fingerprint density at radius 3 is 1.62 bits per heavy atom. The molecule has 0 aliphatic rings. The van der Waals surface area contributed by atoms with E-state index < -0.39 is 0 Å². The maximum atomic E-state index is 4.63. The van der Waals surface area contributed by atoms with Crippen molar-refractivity contribution in [3.63, 3.8) is 0 Å². The van der Waals surface area contributed by atoms with Gasteiger partial charge in [-0.15, -0.1) is 0 Å². The van der Waals surface area contributed by atoms with Crippen LogP contribution in [0.15, 0.2) is 250 Å². The Kier molecular flexibility index (Phi) is 17.1. The first-order valence-corrected chi connectivity index (χ1v) is 31.7. The predicted molar refractivity (Wildman–Crippen MR) is 325 cm³/mol. The number of pyridine rings is 5. The molecule has 0 amide bonds. The van der Waals surface area contributed by atoms with E-state index in [0.29, 0.717) is 0 Å². The molecule has 79 heavy (non-hydrogen) atoms. The number of aromatic nitrogens is 14. The van der Waals surface area contributed by atoms with Gasteiger partial charge in [0.2, 0.25) is 0 Å². The van der Waals surface area contributed by atoms with E-state index in [4.69, 9.17) is 0 Å². The van der Waals surface area contributed by atoms with E-state index in [1.807, 2.05) is 113 Å². The minimum absolute atomic E-state index is 0.904. The van der Waals surface area contributed by atoms with Crippen LogP contribution in [0.3, 0.4) is 0 Å². The summed E-state index contributed by atoms with van der Waals surface area (Å²) in [5.41, 5.74) is 12.4. The zero-order chi connectivity index (χ0) is 54.1. The van der Waals surface area contributed by atoms with Gasteiger partial charge in [0, 0.05) is 0 Å². The molecular weight excluding hydrogens is 1270 g/mol. The van der Waals surface area contributed by atoms with Crippen molar-refractivity contribution in [3.8, 4) is 57.2 Å². The molecule has 0 unspecified atom stereocenters. The maximum absolute atomic E-state index is 4.63. The Bertz CT molecular complexity index is 4400. The summed E-state index contributed by atoms with van der Waals surface area (Å²) in [6, 6.07) is 64.5. The molecule has 0 bridgehead atoms. The zero-order valence-corrected chi connectivity index (χ0v) is 57.8. The molecule has 0 N–H and O–H groups in total. The van der Waals surface area contributed by atoms with Crippen LogP contribution in [0.1, 0.15) is 0 Å². The van der Waals surface area contributed by atoms with Gasteiger partial charge in [0.15, 0.2) is 0 Å². The first-order chi connectivity index (χ1) is 38.8. The first kappa shape index (κ1) is 53.6. The molecule has 0 saturated heterocycles. The quantitative estimate of drug-likeness (QED) is 0.156. The van der Waals surface area contributed by atoms with E-state index >= 15 is 0 Å². The summed E-state index contributed by atoms with van der Waals surface area (Å²) in [6.07, 6.45) is 18.9. The van der Waals surface area contributed by atoms with Gasteiger partial charge < -0.3 is 0 Å². The number of hydrogen-bond acceptors (Lipinski definition) is 8. The van der Waals surface area contributed by atoms with Gasteiger partial charge in [-0.2, -0.15) is 0 Å². The predicted octanol–water partition coefficient (Wildman–Crippen LogP) is 9.12. The summed E-state index contributed by atoms with van der Waals surface area (Å²) in [4.78, 5) is 26.5. The summed E-state index contributed by atoms with van der Waals surface area (Å²) in [5.74, 6) is 1.84. The second-order valence-electron chi connectivity index (χ2n) is 18.0. The molecule has 0 aliphatic heterocycles. The fraction of sp³-hybridized carbons (Fsp3) is 0. The number of fused-ring (bicyclic) bond motifs is 5. The van der Waals surface area contributed by atoms with Crippen molar-refractivity contribution in [2.24, 2.45) is 0 Å². The summed E-state index contributed by atoms with van der Waals surface area (Å²) >= 11 is 5.20. The molecular formula is C60H46Ga5N14. The van der Waals surface area contributed by atoms with Crippen LogP contribution < -0.4 is 0 Å². The third-order valence-corrected chi connectivity index (χ3v) is 19.2. The molecule has 19 heteroatoms. The van der Waals surface area contributed by atoms with E-state index in [0.717, 1.165) is 140 Å². The van der Waals surface area contributed by atoms with Crippen molar-refractivity contribution in [1.82, 2.24) is 61.1 Å². The molecule has 0 aliphatic carbocycles. The average Bonchev–Trinajstić information content (AvgIpc) is 4.42. The summed E-state index contributed by atoms with van der Waals surface area (Å²) < 4.78 is 12.8. The van der Waals surface area contributed by atoms with E-state index in [1.54, 1.807) is 12.4 Å². The summed E-state index contributed by atoms with van der Waals surface area (Å²) in [7, 11) is 0. The van der Waals surface area contributed by atoms with E-state index in [9.17, 15) is 0 Å². The van der Waals surface area contributed by atoms with Crippen molar-refractivity contribution in [2.75, 3.05) is 0 Å². The van der Waals surface area contributed by atoms with Crippen molar-refractivity contribution in [2.45, 2.75) is 0 Å². The molecule has 15 rings (SSSR count). The average molecular weight is 1310 g/mol. The van der Waals surface area contributed by atoms with Crippen LogP contribution in [0.2, 0.25) is 0 Å². The SMILES string of the molecule is [GaH][n]1c(-c2cc3ccccc3cn2)cc2ccccc21.[GaH][n]1c(-c2nccc3ccccc23)cc2ccccc21.[GaH][n]1cccc1-c1ccccn1.[GaH][n]1ccnc1-c1ncc2ccccn12.[GaH][n]1nncc1-c1ccccn1. The minimum atomic E-state index is 0.904. The van der Waals surface area contributed by atoms with E-state index in [-0.39, 0.29) is 0 Å². The van der Waals surface area contributed by atoms with Crippen molar-refractivity contribution in [1.29, 1.82) is 0 Å². The third kappa shape index (κ3) is 12.1. The van der Waals surface area contributed by atoms with Crippen LogP contribution in [0.4, 0.5) is 0 Å². The van der Waals surface area contributed by atoms with Gasteiger partial charge in [-0.1, -0.05) is 0 Å². The van der Waals surface area contributed by atoms with Gasteiger partial charge in [0.1, 0.15) is 0 Å². The van der Waals surface area contributed by atoms with Gasteiger partial charge in [-0.3, -0.25) is 0 Å². The Hall–Kier alpha value is -7.42. The van der Waals surface area contributed by atoms with Crippen LogP contribution in [0, 0.1) is 0 Å².